The lowest BCUT2D eigenvalue weighted by molar-refractivity contribution is -0.114. The number of hydrogen-bond donors (Lipinski definition) is 4. The highest BCUT2D eigenvalue weighted by atomic mass is 79.9. The molecule has 1 saturated heterocycles. The Morgan fingerprint density at radius 3 is 1.43 bits per heavy atom. The van der Waals surface area contributed by atoms with Crippen molar-refractivity contribution in [3.8, 4) is 22.8 Å². The standard InChI is InChI=1S/C17H17N7O.C13H13BrN4O.C12H20BN3.CH4/c1-10-3-11(2)5-12(4-10)16-22-9-24(23-16)8-14(15(18)25)13-6-20-17(19)21-7-13;1-8-3-9(2)5-10(4-8)13-16-7-18(17-13)6-11(14)12(15)19;1-11(2)7-13(8-12(11,3)4)9-5-15-10(14)16-6-9;/h3-9H,1-2H3,(H2,18,25)(H2,19,20,21);3-7H,1-2H3,(H2,15,19);5-6H,7-8H2,1-4H3,(H2,14,15,16);1H4/b14-8+;11-6-;;. The molecule has 7 rings (SSSR count). The molecule has 2 aromatic carbocycles. The minimum atomic E-state index is -0.628. The first kappa shape index (κ1) is 47.1. The van der Waals surface area contributed by atoms with E-state index in [9.17, 15) is 9.59 Å². The van der Waals surface area contributed by atoms with E-state index in [2.05, 4.69) is 95.9 Å². The Balaban J connectivity index is 0.000000205. The van der Waals surface area contributed by atoms with E-state index in [-0.39, 0.29) is 23.4 Å². The molecule has 18 heteroatoms. The van der Waals surface area contributed by atoms with Gasteiger partial charge in [-0.15, -0.1) is 10.2 Å². The average Bonchev–Trinajstić information content (AvgIpc) is 3.89. The van der Waals surface area contributed by atoms with Gasteiger partial charge < -0.3 is 22.9 Å². The van der Waals surface area contributed by atoms with Crippen LogP contribution in [0.15, 0.2) is 78.3 Å². The monoisotopic (exact) mass is 888 g/mol. The summed E-state index contributed by atoms with van der Waals surface area (Å²) in [7, 11) is 0. The number of rotatable bonds is 8. The van der Waals surface area contributed by atoms with E-state index in [1.165, 1.54) is 64.9 Å². The quantitative estimate of drug-likeness (QED) is 0.0997. The Bertz CT molecular complexity index is 2490. The molecule has 4 aromatic heterocycles. The Morgan fingerprint density at radius 2 is 1.03 bits per heavy atom. The number of nitrogens with zero attached hydrogens (tertiary/aromatic N) is 10. The van der Waals surface area contributed by atoms with Crippen molar-refractivity contribution in [3.05, 3.63) is 106 Å². The topological polar surface area (TPSA) is 251 Å². The number of amides is 2. The smallest absolute Gasteiger partial charge is 0.257 e. The first-order valence-electron chi connectivity index (χ1n) is 19.0. The summed E-state index contributed by atoms with van der Waals surface area (Å²) in [6.45, 7) is 18.1. The molecule has 318 valence electrons. The third-order valence-electron chi connectivity index (χ3n) is 10.5. The first-order valence-corrected chi connectivity index (χ1v) is 19.8. The SMILES string of the molecule is C.CC1(C)CB(c2cnc(N)nc2)CC1(C)C.Cc1cc(C)cc(-c2ncn(/C=C(/C(N)=O)c3cnc(N)nc3)n2)c1.Cc1cc(C)cc(-c2ncn(/C=C(\Br)C(N)=O)n2)c1. The van der Waals surface area contributed by atoms with Gasteiger partial charge in [0.25, 0.3) is 11.8 Å². The van der Waals surface area contributed by atoms with Crippen molar-refractivity contribution in [2.45, 2.75) is 75.5 Å². The lowest BCUT2D eigenvalue weighted by Gasteiger charge is -2.35. The molecule has 0 unspecified atom stereocenters. The molecule has 2 amide bonds. The predicted molar refractivity (Wildman–Crippen MR) is 248 cm³/mol. The van der Waals surface area contributed by atoms with E-state index in [0.29, 0.717) is 40.7 Å². The summed E-state index contributed by atoms with van der Waals surface area (Å²) in [4.78, 5) is 47.1. The second-order valence-corrected chi connectivity index (χ2v) is 17.0. The van der Waals surface area contributed by atoms with Gasteiger partial charge >= 0.3 is 0 Å². The Morgan fingerprint density at radius 1 is 0.639 bits per heavy atom. The van der Waals surface area contributed by atoms with Crippen LogP contribution in [0, 0.1) is 38.5 Å². The maximum atomic E-state index is 11.8. The van der Waals surface area contributed by atoms with E-state index in [1.807, 2.05) is 64.4 Å². The van der Waals surface area contributed by atoms with Crippen LogP contribution in [0.1, 0.15) is 62.9 Å². The number of carbonyl (C=O) groups is 2. The summed E-state index contributed by atoms with van der Waals surface area (Å²) in [5.74, 6) is 0.458. The average molecular weight is 890 g/mol. The van der Waals surface area contributed by atoms with Crippen LogP contribution < -0.4 is 28.4 Å². The molecular weight excluding hydrogens is 835 g/mol. The minimum Gasteiger partial charge on any atom is -0.368 e. The van der Waals surface area contributed by atoms with E-state index in [0.717, 1.165) is 33.4 Å². The molecule has 61 heavy (non-hydrogen) atoms. The van der Waals surface area contributed by atoms with Crippen LogP contribution in [-0.4, -0.2) is 68.0 Å². The van der Waals surface area contributed by atoms with Gasteiger partial charge in [-0.05, 0) is 84.2 Å². The highest BCUT2D eigenvalue weighted by Crippen LogP contribution is 2.52. The van der Waals surface area contributed by atoms with E-state index in [4.69, 9.17) is 22.9 Å². The fourth-order valence-electron chi connectivity index (χ4n) is 6.87. The normalized spacial score (nSPS) is 14.2. The van der Waals surface area contributed by atoms with Gasteiger partial charge in [-0.3, -0.25) is 9.59 Å². The largest absolute Gasteiger partial charge is 0.368 e. The maximum absolute atomic E-state index is 11.8. The van der Waals surface area contributed by atoms with Gasteiger partial charge in [-0.1, -0.05) is 82.1 Å². The van der Waals surface area contributed by atoms with Crippen LogP contribution in [0.2, 0.25) is 12.6 Å². The highest BCUT2D eigenvalue weighted by Gasteiger charge is 2.48. The maximum Gasteiger partial charge on any atom is 0.257 e. The molecule has 16 nitrogen and oxygen atoms in total. The van der Waals surface area contributed by atoms with Crippen LogP contribution >= 0.6 is 15.9 Å². The zero-order chi connectivity index (χ0) is 43.9. The molecule has 1 aliphatic heterocycles. The fraction of sp³-hybridized carbons (Fsp3) is 0.302. The Hall–Kier alpha value is -6.56. The van der Waals surface area contributed by atoms with Crippen molar-refractivity contribution >= 4 is 69.8 Å². The lowest BCUT2D eigenvalue weighted by Crippen LogP contribution is -2.29. The van der Waals surface area contributed by atoms with Gasteiger partial charge in [0.1, 0.15) is 17.1 Å². The molecule has 0 radical (unpaired) electrons. The van der Waals surface area contributed by atoms with Gasteiger partial charge in [-0.2, -0.15) is 0 Å². The highest BCUT2D eigenvalue weighted by molar-refractivity contribution is 9.12. The summed E-state index contributed by atoms with van der Waals surface area (Å²) >= 11 is 3.07. The third kappa shape index (κ3) is 12.5. The zero-order valence-corrected chi connectivity index (χ0v) is 36.6. The number of benzene rings is 2. The number of carbonyl (C=O) groups excluding carboxylic acids is 2. The van der Waals surface area contributed by atoms with Crippen LogP contribution in [-0.2, 0) is 9.59 Å². The van der Waals surface area contributed by atoms with Crippen molar-refractivity contribution in [1.82, 2.24) is 49.5 Å². The molecule has 0 bridgehead atoms. The molecule has 6 aromatic rings. The van der Waals surface area contributed by atoms with Crippen molar-refractivity contribution < 1.29 is 9.59 Å². The summed E-state index contributed by atoms with van der Waals surface area (Å²) in [5.41, 5.74) is 30.6. The molecule has 0 spiro atoms. The Labute approximate surface area is 365 Å². The molecule has 0 aliphatic carbocycles. The number of nitrogens with two attached hydrogens (primary N) is 4. The van der Waals surface area contributed by atoms with E-state index in [1.54, 1.807) is 0 Å². The van der Waals surface area contributed by atoms with Gasteiger partial charge in [0, 0.05) is 47.7 Å². The third-order valence-corrected chi connectivity index (χ3v) is 11.1. The number of primary amides is 2. The predicted octanol–water partition coefficient (Wildman–Crippen LogP) is 6.12. The molecular formula is C43H54BBrN14O2. The van der Waals surface area contributed by atoms with E-state index < -0.39 is 11.8 Å². The molecule has 8 N–H and O–H groups in total. The van der Waals surface area contributed by atoms with Gasteiger partial charge in [0.05, 0.1) is 11.8 Å². The first-order chi connectivity index (χ1) is 28.2. The summed E-state index contributed by atoms with van der Waals surface area (Å²) in [6, 6.07) is 12.2. The molecule has 1 fully saturated rings. The van der Waals surface area contributed by atoms with Crippen LogP contribution in [0.4, 0.5) is 11.9 Å². The summed E-state index contributed by atoms with van der Waals surface area (Å²) < 4.78 is 3.12. The number of nitrogen functional groups attached to an aromatic ring is 2. The van der Waals surface area contributed by atoms with E-state index >= 15 is 0 Å². The van der Waals surface area contributed by atoms with Crippen LogP contribution in [0.3, 0.4) is 0 Å². The minimum absolute atomic E-state index is 0. The van der Waals surface area contributed by atoms with Crippen molar-refractivity contribution in [3.63, 3.8) is 0 Å². The van der Waals surface area contributed by atoms with Crippen LogP contribution in [0.5, 0.6) is 0 Å². The Kier molecular flexibility index (Phi) is 15.2. The van der Waals surface area contributed by atoms with Crippen molar-refractivity contribution in [2.24, 2.45) is 22.3 Å². The molecule has 5 heterocycles. The summed E-state index contributed by atoms with van der Waals surface area (Å²) in [6.07, 6.45) is 15.0. The van der Waals surface area contributed by atoms with Crippen molar-refractivity contribution in [1.29, 1.82) is 0 Å². The van der Waals surface area contributed by atoms with Crippen molar-refractivity contribution in [2.75, 3.05) is 11.5 Å². The van der Waals surface area contributed by atoms with Gasteiger partial charge in [0.15, 0.2) is 18.4 Å². The molecule has 0 atom stereocenters. The van der Waals surface area contributed by atoms with Crippen LogP contribution in [0.25, 0.3) is 40.7 Å². The number of hydrogen-bond acceptors (Lipinski definition) is 12. The number of aryl methyl sites for hydroxylation is 4. The summed E-state index contributed by atoms with van der Waals surface area (Å²) in [5, 5.41) is 8.66. The zero-order valence-electron chi connectivity index (χ0n) is 35.1. The van der Waals surface area contributed by atoms with Gasteiger partial charge in [-0.25, -0.2) is 39.3 Å². The van der Waals surface area contributed by atoms with Gasteiger partial charge in [0.2, 0.25) is 11.9 Å². The second-order valence-electron chi connectivity index (χ2n) is 16.2. The number of halogens is 1. The number of anilines is 2. The molecule has 0 saturated carbocycles. The lowest BCUT2D eigenvalue weighted by atomic mass is 9.43. The fourth-order valence-corrected chi connectivity index (χ4v) is 7.08. The second kappa shape index (κ2) is 19.7. The molecule has 1 aliphatic rings. The number of aromatic nitrogens is 10.